The highest BCUT2D eigenvalue weighted by Crippen LogP contribution is 1.66. The summed E-state index contributed by atoms with van der Waals surface area (Å²) >= 11 is 0. The number of carbonyl (C=O) groups is 4. The van der Waals surface area contributed by atoms with Crippen LogP contribution in [0.1, 0.15) is 0 Å². The minimum atomic E-state index is -1.60. The molecule has 96 valence electrons. The number of rotatable bonds is 0. The number of hydrogen-bond acceptors (Lipinski definition) is 8. The van der Waals surface area contributed by atoms with Crippen LogP contribution in [0.2, 0.25) is 0 Å². The predicted octanol–water partition coefficient (Wildman–Crippen LogP) is -4.17. The molecule has 0 atom stereocenters. The maximum absolute atomic E-state index is 10.0. The Morgan fingerprint density at radius 2 is 1.00 bits per heavy atom. The van der Waals surface area contributed by atoms with Gasteiger partial charge in [0.15, 0.2) is 0 Å². The first-order valence-corrected chi connectivity index (χ1v) is 3.95. The lowest BCUT2D eigenvalue weighted by atomic mass is 10.6. The van der Waals surface area contributed by atoms with Gasteiger partial charge >= 0.3 is 11.9 Å². The first-order valence-electron chi connectivity index (χ1n) is 3.95. The second-order valence-electron chi connectivity index (χ2n) is 2.06. The zero-order valence-corrected chi connectivity index (χ0v) is 9.27. The molecule has 8 heteroatoms. The van der Waals surface area contributed by atoms with Crippen molar-refractivity contribution in [3.05, 3.63) is 0 Å². The highest BCUT2D eigenvalue weighted by atomic mass is 16.5. The Morgan fingerprint density at radius 3 is 1.17 bits per heavy atom. The van der Waals surface area contributed by atoms with Gasteiger partial charge in [-0.15, -0.1) is 0 Å². The summed E-state index contributed by atoms with van der Waals surface area (Å²) in [5.74, 6) is 1.30. The second-order valence-corrected chi connectivity index (χ2v) is 2.06. The minimum Gasteiger partial charge on any atom is -0.537 e. The van der Waals surface area contributed by atoms with E-state index in [0.29, 0.717) is 0 Å². The van der Waals surface area contributed by atoms with E-state index in [2.05, 4.69) is 9.47 Å². The van der Waals surface area contributed by atoms with Gasteiger partial charge in [0.1, 0.15) is 11.9 Å². The van der Waals surface area contributed by atoms with E-state index in [1.165, 1.54) is 11.8 Å². The fraction of sp³-hybridized carbons (Fsp3) is 0.200. The van der Waals surface area contributed by atoms with Crippen molar-refractivity contribution in [1.82, 2.24) is 0 Å². The van der Waals surface area contributed by atoms with Gasteiger partial charge in [0.25, 0.3) is 0 Å². The lowest BCUT2D eigenvalue weighted by Gasteiger charge is -1.85. The summed E-state index contributed by atoms with van der Waals surface area (Å²) in [7, 11) is 2.21. The molecule has 18 heavy (non-hydrogen) atoms. The number of methoxy groups -OCH3 is 2. The average Bonchev–Trinajstić information content (AvgIpc) is 2.33. The molecule has 0 N–H and O–H groups in total. The lowest BCUT2D eigenvalue weighted by molar-refractivity contribution is -0.297. The molecule has 0 amide bonds. The summed E-state index contributed by atoms with van der Waals surface area (Å²) in [6.45, 7) is 0. The number of carboxylic acids is 2. The van der Waals surface area contributed by atoms with Crippen molar-refractivity contribution < 1.29 is 38.9 Å². The van der Waals surface area contributed by atoms with Crippen LogP contribution in [-0.2, 0) is 28.7 Å². The third-order valence-corrected chi connectivity index (χ3v) is 0.904. The molecule has 0 aromatic rings. The van der Waals surface area contributed by atoms with Gasteiger partial charge in [-0.05, 0) is 11.8 Å². The van der Waals surface area contributed by atoms with E-state index < -0.39 is 23.9 Å². The fourth-order valence-corrected chi connectivity index (χ4v) is 0.306. The maximum atomic E-state index is 10.0. The van der Waals surface area contributed by atoms with Crippen LogP contribution in [0.25, 0.3) is 0 Å². The summed E-state index contributed by atoms with van der Waals surface area (Å²) < 4.78 is 7.99. The molecule has 0 aromatic carbocycles. The summed E-state index contributed by atoms with van der Waals surface area (Å²) in [5, 5.41) is 19.1. The maximum Gasteiger partial charge on any atom is 0.384 e. The first kappa shape index (κ1) is 17.4. The molecule has 0 saturated heterocycles. The van der Waals surface area contributed by atoms with Gasteiger partial charge in [0.05, 0.1) is 14.2 Å². The number of carbonyl (C=O) groups excluding carboxylic acids is 4. The van der Waals surface area contributed by atoms with Crippen LogP contribution in [0.4, 0.5) is 0 Å². The van der Waals surface area contributed by atoms with Crippen molar-refractivity contribution in [2.24, 2.45) is 0 Å². The SMILES string of the molecule is COC(=O)C#CC(=O)[O-].COC(=O)C#CC(=O)[O-]. The van der Waals surface area contributed by atoms with Crippen LogP contribution in [0.15, 0.2) is 0 Å². The molecular weight excluding hydrogens is 248 g/mol. The van der Waals surface area contributed by atoms with Crippen LogP contribution in [0, 0.1) is 23.7 Å². The zero-order chi connectivity index (χ0) is 14.6. The molecule has 0 radical (unpaired) electrons. The van der Waals surface area contributed by atoms with Crippen molar-refractivity contribution >= 4 is 23.9 Å². The number of hydrogen-bond donors (Lipinski definition) is 0. The molecule has 0 rings (SSSR count). The molecule has 0 aliphatic rings. The molecule has 0 aliphatic heterocycles. The molecule has 0 saturated carbocycles. The zero-order valence-electron chi connectivity index (χ0n) is 9.27. The second kappa shape index (κ2) is 10.5. The number of esters is 2. The summed E-state index contributed by atoms with van der Waals surface area (Å²) in [6.07, 6.45) is 0. The van der Waals surface area contributed by atoms with Gasteiger partial charge in [0.2, 0.25) is 0 Å². The smallest absolute Gasteiger partial charge is 0.384 e. The predicted molar refractivity (Wildman–Crippen MR) is 49.6 cm³/mol. The Morgan fingerprint density at radius 1 is 0.722 bits per heavy atom. The normalized spacial score (nSPS) is 6.78. The van der Waals surface area contributed by atoms with Crippen LogP contribution >= 0.6 is 0 Å². The first-order chi connectivity index (χ1) is 8.33. The number of aliphatic carboxylic acids is 2. The molecule has 0 spiro atoms. The molecule has 0 unspecified atom stereocenters. The van der Waals surface area contributed by atoms with Crippen molar-refractivity contribution in [1.29, 1.82) is 0 Å². The highest BCUT2D eigenvalue weighted by Gasteiger charge is 1.87. The van der Waals surface area contributed by atoms with Gasteiger partial charge in [-0.2, -0.15) is 0 Å². The monoisotopic (exact) mass is 254 g/mol. The van der Waals surface area contributed by atoms with E-state index in [0.717, 1.165) is 14.2 Å². The third kappa shape index (κ3) is 15.5. The molecule has 0 heterocycles. The van der Waals surface area contributed by atoms with Crippen LogP contribution in [-0.4, -0.2) is 38.1 Å². The minimum absolute atomic E-state index is 0.890. The van der Waals surface area contributed by atoms with E-state index in [1.807, 2.05) is 0 Å². The van der Waals surface area contributed by atoms with Crippen LogP contribution in [0.3, 0.4) is 0 Å². The third-order valence-electron chi connectivity index (χ3n) is 0.904. The Kier molecular flexibility index (Phi) is 10.2. The fourth-order valence-electron chi connectivity index (χ4n) is 0.306. The van der Waals surface area contributed by atoms with Gasteiger partial charge in [-0.3, -0.25) is 0 Å². The Bertz CT molecular complexity index is 410. The standard InChI is InChI=1S/2C5H4O4/c2*1-9-5(8)3-2-4(6)7/h2*1H3,(H,6,7)/p-2. The van der Waals surface area contributed by atoms with Crippen LogP contribution in [0.5, 0.6) is 0 Å². The largest absolute Gasteiger partial charge is 0.537 e. The van der Waals surface area contributed by atoms with Gasteiger partial charge in [0, 0.05) is 11.8 Å². The van der Waals surface area contributed by atoms with Crippen molar-refractivity contribution in [2.75, 3.05) is 14.2 Å². The Labute approximate surface area is 101 Å². The topological polar surface area (TPSA) is 133 Å². The number of carboxylic acid groups (broad SMARTS) is 2. The summed E-state index contributed by atoms with van der Waals surface area (Å²) in [6, 6.07) is 0. The van der Waals surface area contributed by atoms with Crippen molar-refractivity contribution in [3.63, 3.8) is 0 Å². The van der Waals surface area contributed by atoms with E-state index >= 15 is 0 Å². The number of ether oxygens (including phenoxy) is 2. The molecular formula is C10H6O8-2. The van der Waals surface area contributed by atoms with Crippen molar-refractivity contribution in [2.45, 2.75) is 0 Å². The van der Waals surface area contributed by atoms with Gasteiger partial charge in [-0.25, -0.2) is 9.59 Å². The summed E-state index contributed by atoms with van der Waals surface area (Å²) in [4.78, 5) is 39.1. The summed E-state index contributed by atoms with van der Waals surface area (Å²) in [5.41, 5.74) is 0. The van der Waals surface area contributed by atoms with Crippen LogP contribution < -0.4 is 10.2 Å². The molecule has 0 aliphatic carbocycles. The average molecular weight is 254 g/mol. The Hall–Kier alpha value is -3.00. The van der Waals surface area contributed by atoms with E-state index in [1.54, 1.807) is 11.8 Å². The Balaban J connectivity index is 0. The van der Waals surface area contributed by atoms with E-state index in [-0.39, 0.29) is 0 Å². The molecule has 0 bridgehead atoms. The van der Waals surface area contributed by atoms with E-state index in [9.17, 15) is 29.4 Å². The van der Waals surface area contributed by atoms with Gasteiger partial charge < -0.3 is 29.3 Å². The molecule has 0 fully saturated rings. The highest BCUT2D eigenvalue weighted by molar-refractivity contribution is 5.97. The molecule has 0 aromatic heterocycles. The molecule has 8 nitrogen and oxygen atoms in total. The quantitative estimate of drug-likeness (QED) is 0.241. The van der Waals surface area contributed by atoms with Crippen molar-refractivity contribution in [3.8, 4) is 23.7 Å². The van der Waals surface area contributed by atoms with E-state index in [4.69, 9.17) is 0 Å². The van der Waals surface area contributed by atoms with Gasteiger partial charge in [-0.1, -0.05) is 0 Å². The lowest BCUT2D eigenvalue weighted by Crippen LogP contribution is -2.19.